The van der Waals surface area contributed by atoms with Crippen LogP contribution in [0.25, 0.3) is 64.7 Å². The summed E-state index contributed by atoms with van der Waals surface area (Å²) in [5.74, 6) is 1.95. The predicted molar refractivity (Wildman–Crippen MR) is 310 cm³/mol. The van der Waals surface area contributed by atoms with Crippen LogP contribution in [0.5, 0.6) is 0 Å². The summed E-state index contributed by atoms with van der Waals surface area (Å²) in [5, 5.41) is 2.67. The van der Waals surface area contributed by atoms with E-state index in [1.54, 1.807) is 11.1 Å². The average molecular weight is 966 g/mol. The minimum Gasteiger partial charge on any atom is -0.310 e. The van der Waals surface area contributed by atoms with Gasteiger partial charge in [0.05, 0.1) is 11.1 Å². The molecule has 74 heavy (non-hydrogen) atoms. The van der Waals surface area contributed by atoms with Crippen molar-refractivity contribution in [2.45, 2.75) is 49.9 Å². The first-order chi connectivity index (χ1) is 36.5. The lowest BCUT2D eigenvalue weighted by molar-refractivity contribution is -0.0919. The van der Waals surface area contributed by atoms with Crippen molar-refractivity contribution in [1.82, 2.24) is 0 Å². The Balaban J connectivity index is 0.934. The highest BCUT2D eigenvalue weighted by molar-refractivity contribution is 7.25. The maximum Gasteiger partial charge on any atom is 0.0719 e. The minimum absolute atomic E-state index is 0.106. The minimum atomic E-state index is -0.442. The van der Waals surface area contributed by atoms with Crippen LogP contribution in [0.2, 0.25) is 0 Å². The van der Waals surface area contributed by atoms with Gasteiger partial charge in [0, 0.05) is 42.5 Å². The lowest BCUT2D eigenvalue weighted by Gasteiger charge is -2.67. The van der Waals surface area contributed by atoms with Gasteiger partial charge in [-0.15, -0.1) is 11.3 Å². The molecule has 4 fully saturated rings. The first-order valence-electron chi connectivity index (χ1n) is 27.0. The molecule has 1 heterocycles. The van der Waals surface area contributed by atoms with Gasteiger partial charge >= 0.3 is 0 Å². The molecule has 2 heteroatoms. The molecule has 4 saturated carbocycles. The largest absolute Gasteiger partial charge is 0.310 e. The van der Waals surface area contributed by atoms with Crippen molar-refractivity contribution in [3.63, 3.8) is 0 Å². The molecule has 2 spiro atoms. The van der Waals surface area contributed by atoms with Gasteiger partial charge in [-0.3, -0.25) is 0 Å². The van der Waals surface area contributed by atoms with Crippen molar-refractivity contribution in [1.29, 1.82) is 0 Å². The fourth-order valence-electron chi connectivity index (χ4n) is 16.6. The Hall–Kier alpha value is -7.78. The van der Waals surface area contributed by atoms with E-state index in [2.05, 4.69) is 248 Å². The van der Waals surface area contributed by atoms with Gasteiger partial charge in [-0.25, -0.2) is 0 Å². The number of anilines is 3. The number of fused-ring (bicyclic) bond motifs is 12. The summed E-state index contributed by atoms with van der Waals surface area (Å²) in [7, 11) is 0. The normalized spacial score (nSPS) is 22.2. The van der Waals surface area contributed by atoms with Crippen LogP contribution in [0.15, 0.2) is 237 Å². The standard InChI is InChI=1S/C72H55NS/c1-70-43-46-40-49(44-70)71(50(41-46)45-70)62-29-13-14-30-63(62)72(60-27-11-7-23-56(60)57-24-8-12-28-61(57)72)64-39-38-52(42-65(64)71)73(66-31-15-9-21-54(66)47-18-3-2-4-19-47)51-36-34-48(35-37-51)53-20-5-6-22-55(53)58-26-17-33-68-69(58)59-25-10-16-32-67(59)74-68/h2-39,42,46,49-50H,40-41,43-45H2,1H3/t46?,49-,50-,70?,71?/m1/s1. The van der Waals surface area contributed by atoms with Crippen LogP contribution in [0.1, 0.15) is 72.4 Å². The van der Waals surface area contributed by atoms with Crippen LogP contribution in [0.4, 0.5) is 17.1 Å². The zero-order chi connectivity index (χ0) is 48.8. The molecule has 0 radical (unpaired) electrons. The van der Waals surface area contributed by atoms with Crippen LogP contribution in [0.3, 0.4) is 0 Å². The van der Waals surface area contributed by atoms with E-state index < -0.39 is 5.41 Å². The van der Waals surface area contributed by atoms with Gasteiger partial charge < -0.3 is 4.90 Å². The number of hydrogen-bond acceptors (Lipinski definition) is 2. The molecule has 2 atom stereocenters. The second-order valence-electron chi connectivity index (χ2n) is 22.7. The van der Waals surface area contributed by atoms with Crippen LogP contribution in [0, 0.1) is 23.2 Å². The second-order valence-corrected chi connectivity index (χ2v) is 23.8. The highest BCUT2D eigenvalue weighted by Gasteiger charge is 2.66. The summed E-state index contributed by atoms with van der Waals surface area (Å²) < 4.78 is 2.66. The molecule has 0 aliphatic heterocycles. The molecule has 1 aromatic heterocycles. The SMILES string of the molecule is CC12CC3C[C@H](C1)C1(c4ccccc4C4(c5ccccc5-c5ccccc54)c4ccc(N(c5ccc(-c6ccccc6-c6cccc7sc8ccccc8c67)cc5)c5ccccc5-c5ccccc5)cc41)[C@H](C3)C2. The number of nitrogens with zero attached hydrogens (tertiary/aromatic N) is 1. The maximum absolute atomic E-state index is 2.72. The van der Waals surface area contributed by atoms with E-state index in [1.807, 2.05) is 11.3 Å². The van der Waals surface area contributed by atoms with Crippen molar-refractivity contribution in [2.75, 3.05) is 4.90 Å². The molecule has 0 saturated heterocycles. The van der Waals surface area contributed by atoms with E-state index in [1.165, 1.54) is 130 Å². The van der Waals surface area contributed by atoms with Gasteiger partial charge in [0.2, 0.25) is 0 Å². The fourth-order valence-corrected chi connectivity index (χ4v) is 17.7. The number of benzene rings is 10. The van der Waals surface area contributed by atoms with Gasteiger partial charge in [-0.2, -0.15) is 0 Å². The first kappa shape index (κ1) is 42.7. The van der Waals surface area contributed by atoms with Crippen LogP contribution in [-0.2, 0) is 10.8 Å². The molecular formula is C72H55NS. The zero-order valence-corrected chi connectivity index (χ0v) is 42.5. The molecule has 354 valence electrons. The van der Waals surface area contributed by atoms with E-state index in [4.69, 9.17) is 0 Å². The van der Waals surface area contributed by atoms with Crippen molar-refractivity contribution in [3.05, 3.63) is 270 Å². The summed E-state index contributed by atoms with van der Waals surface area (Å²) >= 11 is 1.89. The summed E-state index contributed by atoms with van der Waals surface area (Å²) in [6.45, 7) is 2.64. The number of thiophene rings is 1. The first-order valence-corrected chi connectivity index (χ1v) is 27.8. The highest BCUT2D eigenvalue weighted by Crippen LogP contribution is 2.74. The quantitative estimate of drug-likeness (QED) is 0.161. The Bertz CT molecular complexity index is 4000. The van der Waals surface area contributed by atoms with Gasteiger partial charge in [-0.05, 0) is 170 Å². The van der Waals surface area contributed by atoms with E-state index >= 15 is 0 Å². The molecule has 10 aromatic carbocycles. The molecule has 0 unspecified atom stereocenters. The highest BCUT2D eigenvalue weighted by atomic mass is 32.1. The van der Waals surface area contributed by atoms with E-state index in [0.29, 0.717) is 17.3 Å². The molecule has 6 aliphatic rings. The van der Waals surface area contributed by atoms with Gasteiger partial charge in [0.1, 0.15) is 0 Å². The third kappa shape index (κ3) is 5.81. The van der Waals surface area contributed by atoms with Gasteiger partial charge in [0.15, 0.2) is 0 Å². The van der Waals surface area contributed by atoms with Crippen LogP contribution >= 0.6 is 11.3 Å². The topological polar surface area (TPSA) is 3.24 Å². The lowest BCUT2D eigenvalue weighted by Crippen LogP contribution is -2.61. The monoisotopic (exact) mass is 965 g/mol. The summed E-state index contributed by atoms with van der Waals surface area (Å²) in [5.41, 5.74) is 22.5. The second kappa shape index (κ2) is 15.9. The average Bonchev–Trinajstić information content (AvgIpc) is 4.15. The third-order valence-electron chi connectivity index (χ3n) is 18.9. The van der Waals surface area contributed by atoms with Gasteiger partial charge in [0.25, 0.3) is 0 Å². The lowest BCUT2D eigenvalue weighted by atomic mass is 9.36. The van der Waals surface area contributed by atoms with Crippen LogP contribution < -0.4 is 4.90 Å². The van der Waals surface area contributed by atoms with E-state index in [-0.39, 0.29) is 5.41 Å². The number of hydrogen-bond donors (Lipinski definition) is 0. The number of para-hydroxylation sites is 1. The van der Waals surface area contributed by atoms with Crippen LogP contribution in [-0.4, -0.2) is 0 Å². The molecule has 11 aromatic rings. The number of rotatable bonds is 6. The summed E-state index contributed by atoms with van der Waals surface area (Å²) in [6.07, 6.45) is 6.59. The van der Waals surface area contributed by atoms with E-state index in [0.717, 1.165) is 11.6 Å². The van der Waals surface area contributed by atoms with Crippen molar-refractivity contribution in [2.24, 2.45) is 23.2 Å². The van der Waals surface area contributed by atoms with Gasteiger partial charge in [-0.1, -0.05) is 201 Å². The fraction of sp³-hybridized carbons (Fsp3) is 0.167. The Morgan fingerprint density at radius 1 is 0.392 bits per heavy atom. The Labute approximate surface area is 438 Å². The third-order valence-corrected chi connectivity index (χ3v) is 20.0. The molecule has 4 bridgehead atoms. The van der Waals surface area contributed by atoms with Crippen molar-refractivity contribution in [3.8, 4) is 44.5 Å². The maximum atomic E-state index is 2.72. The molecule has 1 nitrogen and oxygen atoms in total. The molecule has 6 aliphatic carbocycles. The smallest absolute Gasteiger partial charge is 0.0719 e. The predicted octanol–water partition coefficient (Wildman–Crippen LogP) is 19.3. The molecular weight excluding hydrogens is 911 g/mol. The zero-order valence-electron chi connectivity index (χ0n) is 41.6. The molecule has 0 N–H and O–H groups in total. The Kier molecular flexibility index (Phi) is 9.15. The molecule has 17 rings (SSSR count). The van der Waals surface area contributed by atoms with Crippen molar-refractivity contribution < 1.29 is 0 Å². The van der Waals surface area contributed by atoms with Crippen molar-refractivity contribution >= 4 is 48.6 Å². The Morgan fingerprint density at radius 2 is 0.932 bits per heavy atom. The van der Waals surface area contributed by atoms with E-state index in [9.17, 15) is 0 Å². The summed E-state index contributed by atoms with van der Waals surface area (Å²) in [4.78, 5) is 2.59. The molecule has 0 amide bonds. The summed E-state index contributed by atoms with van der Waals surface area (Å²) in [6, 6.07) is 90.6. The Morgan fingerprint density at radius 3 is 1.66 bits per heavy atom.